The molecular formula is C23H27N5. The van der Waals surface area contributed by atoms with Crippen molar-refractivity contribution in [2.45, 2.75) is 32.0 Å². The van der Waals surface area contributed by atoms with Gasteiger partial charge in [0.25, 0.3) is 0 Å². The number of para-hydroxylation sites is 1. The molecule has 0 radical (unpaired) electrons. The van der Waals surface area contributed by atoms with Gasteiger partial charge in [0.1, 0.15) is 0 Å². The SMILES string of the molecule is c1ccc(-n2cc(CN3CC4CCC3CN(Cc3cccnc3)C4)cn2)cc1. The second-order valence-electron chi connectivity index (χ2n) is 8.21. The molecule has 5 nitrogen and oxygen atoms in total. The third-order valence-corrected chi connectivity index (χ3v) is 6.07. The Morgan fingerprint density at radius 3 is 2.64 bits per heavy atom. The summed E-state index contributed by atoms with van der Waals surface area (Å²) in [5, 5.41) is 4.58. The van der Waals surface area contributed by atoms with Gasteiger partial charge in [-0.1, -0.05) is 24.3 Å². The van der Waals surface area contributed by atoms with Crippen LogP contribution in [0.5, 0.6) is 0 Å². The van der Waals surface area contributed by atoms with Crippen LogP contribution in [0.15, 0.2) is 67.3 Å². The maximum atomic E-state index is 4.58. The molecule has 1 aromatic carbocycles. The van der Waals surface area contributed by atoms with Crippen LogP contribution in [0.4, 0.5) is 0 Å². The molecule has 2 bridgehead atoms. The lowest BCUT2D eigenvalue weighted by Crippen LogP contribution is -2.43. The fourth-order valence-electron chi connectivity index (χ4n) is 4.75. The summed E-state index contributed by atoms with van der Waals surface area (Å²) >= 11 is 0. The summed E-state index contributed by atoms with van der Waals surface area (Å²) in [6, 6.07) is 15.2. The summed E-state index contributed by atoms with van der Waals surface area (Å²) in [6.45, 7) is 5.56. The Kier molecular flexibility index (Phi) is 4.93. The lowest BCUT2D eigenvalue weighted by Gasteiger charge is -2.35. The predicted molar refractivity (Wildman–Crippen MR) is 110 cm³/mol. The van der Waals surface area contributed by atoms with E-state index in [0.717, 1.165) is 31.2 Å². The number of benzene rings is 1. The summed E-state index contributed by atoms with van der Waals surface area (Å²) in [6.07, 6.45) is 10.7. The highest BCUT2D eigenvalue weighted by molar-refractivity contribution is 5.30. The van der Waals surface area contributed by atoms with Gasteiger partial charge in [0.05, 0.1) is 11.9 Å². The highest BCUT2D eigenvalue weighted by Crippen LogP contribution is 2.30. The fourth-order valence-corrected chi connectivity index (χ4v) is 4.75. The van der Waals surface area contributed by atoms with E-state index >= 15 is 0 Å². The molecule has 3 aromatic rings. The van der Waals surface area contributed by atoms with Gasteiger partial charge in [0, 0.05) is 62.9 Å². The summed E-state index contributed by atoms with van der Waals surface area (Å²) in [7, 11) is 0. The molecule has 28 heavy (non-hydrogen) atoms. The van der Waals surface area contributed by atoms with E-state index in [1.807, 2.05) is 35.4 Å². The number of nitrogens with zero attached hydrogens (tertiary/aromatic N) is 5. The van der Waals surface area contributed by atoms with Crippen LogP contribution >= 0.6 is 0 Å². The smallest absolute Gasteiger partial charge is 0.0645 e. The molecule has 2 atom stereocenters. The van der Waals surface area contributed by atoms with Gasteiger partial charge in [-0.3, -0.25) is 14.8 Å². The van der Waals surface area contributed by atoms with Crippen LogP contribution < -0.4 is 0 Å². The zero-order chi connectivity index (χ0) is 18.8. The number of rotatable bonds is 5. The van der Waals surface area contributed by atoms with E-state index in [0.29, 0.717) is 6.04 Å². The van der Waals surface area contributed by atoms with Gasteiger partial charge in [0.2, 0.25) is 0 Å². The van der Waals surface area contributed by atoms with Crippen molar-refractivity contribution in [3.05, 3.63) is 78.4 Å². The molecule has 3 aliphatic rings. The Morgan fingerprint density at radius 1 is 0.857 bits per heavy atom. The molecular weight excluding hydrogens is 346 g/mol. The molecule has 6 rings (SSSR count). The van der Waals surface area contributed by atoms with Gasteiger partial charge in [-0.15, -0.1) is 0 Å². The van der Waals surface area contributed by atoms with E-state index in [-0.39, 0.29) is 0 Å². The minimum atomic E-state index is 0.635. The molecule has 2 unspecified atom stereocenters. The van der Waals surface area contributed by atoms with Crippen molar-refractivity contribution in [1.82, 2.24) is 24.6 Å². The number of piperidine rings is 1. The Bertz CT molecular complexity index is 892. The highest BCUT2D eigenvalue weighted by Gasteiger charge is 2.34. The van der Waals surface area contributed by atoms with Gasteiger partial charge in [-0.25, -0.2) is 4.68 Å². The maximum absolute atomic E-state index is 4.58. The van der Waals surface area contributed by atoms with Crippen LogP contribution in [0.2, 0.25) is 0 Å². The first kappa shape index (κ1) is 17.6. The van der Waals surface area contributed by atoms with Crippen molar-refractivity contribution in [3.8, 4) is 5.69 Å². The van der Waals surface area contributed by atoms with Gasteiger partial charge in [-0.05, 0) is 42.5 Å². The predicted octanol–water partition coefficient (Wildman–Crippen LogP) is 3.36. The van der Waals surface area contributed by atoms with Crippen LogP contribution in [-0.4, -0.2) is 50.2 Å². The van der Waals surface area contributed by atoms with Gasteiger partial charge < -0.3 is 0 Å². The Morgan fingerprint density at radius 2 is 1.79 bits per heavy atom. The monoisotopic (exact) mass is 373 g/mol. The van der Waals surface area contributed by atoms with Gasteiger partial charge in [0.15, 0.2) is 0 Å². The van der Waals surface area contributed by atoms with Gasteiger partial charge >= 0.3 is 0 Å². The van der Waals surface area contributed by atoms with Crippen molar-refractivity contribution in [3.63, 3.8) is 0 Å². The molecule has 2 aromatic heterocycles. The van der Waals surface area contributed by atoms with Crippen molar-refractivity contribution < 1.29 is 0 Å². The largest absolute Gasteiger partial charge is 0.297 e. The average Bonchev–Trinajstić information content (AvgIpc) is 3.03. The van der Waals surface area contributed by atoms with Crippen LogP contribution in [0, 0.1) is 5.92 Å². The molecule has 0 amide bonds. The minimum absolute atomic E-state index is 0.635. The van der Waals surface area contributed by atoms with Crippen LogP contribution in [0.1, 0.15) is 24.0 Å². The molecule has 0 aliphatic carbocycles. The number of hydrogen-bond acceptors (Lipinski definition) is 4. The van der Waals surface area contributed by atoms with Crippen LogP contribution in [0.25, 0.3) is 5.69 Å². The standard InChI is InChI=1S/C23H27N5/c1-2-6-22(7-3-1)28-17-21(12-25-28)16-27-15-20-8-9-23(27)18-26(14-20)13-19-5-4-10-24-11-19/h1-7,10-12,17,20,23H,8-9,13-16,18H2. The Balaban J connectivity index is 1.26. The molecule has 144 valence electrons. The molecule has 0 saturated carbocycles. The van der Waals surface area contributed by atoms with Crippen LogP contribution in [0.3, 0.4) is 0 Å². The first-order valence-electron chi connectivity index (χ1n) is 10.3. The number of pyridine rings is 1. The maximum Gasteiger partial charge on any atom is 0.0645 e. The lowest BCUT2D eigenvalue weighted by molar-refractivity contribution is 0.123. The molecule has 5 heterocycles. The fraction of sp³-hybridized carbons (Fsp3) is 0.391. The number of aromatic nitrogens is 3. The molecule has 3 saturated heterocycles. The number of fused-ring (bicyclic) bond motifs is 4. The van der Waals surface area contributed by atoms with E-state index in [1.165, 1.54) is 37.1 Å². The zero-order valence-electron chi connectivity index (χ0n) is 16.2. The minimum Gasteiger partial charge on any atom is -0.297 e. The van der Waals surface area contributed by atoms with Gasteiger partial charge in [-0.2, -0.15) is 5.10 Å². The van der Waals surface area contributed by atoms with E-state index in [2.05, 4.69) is 56.4 Å². The normalized spacial score (nSPS) is 23.0. The lowest BCUT2D eigenvalue weighted by atomic mass is 9.95. The summed E-state index contributed by atoms with van der Waals surface area (Å²) in [4.78, 5) is 9.59. The second-order valence-corrected chi connectivity index (χ2v) is 8.21. The number of hydrogen-bond donors (Lipinski definition) is 0. The van der Waals surface area contributed by atoms with E-state index in [1.54, 1.807) is 0 Å². The molecule has 3 fully saturated rings. The first-order valence-corrected chi connectivity index (χ1v) is 10.3. The topological polar surface area (TPSA) is 37.2 Å². The molecule has 0 N–H and O–H groups in total. The first-order chi connectivity index (χ1) is 13.8. The third kappa shape index (κ3) is 3.86. The van der Waals surface area contributed by atoms with Crippen molar-refractivity contribution >= 4 is 0 Å². The van der Waals surface area contributed by atoms with E-state index in [9.17, 15) is 0 Å². The second kappa shape index (κ2) is 7.86. The summed E-state index contributed by atoms with van der Waals surface area (Å²) in [5.41, 5.74) is 3.74. The molecule has 0 spiro atoms. The zero-order valence-corrected chi connectivity index (χ0v) is 16.2. The summed E-state index contributed by atoms with van der Waals surface area (Å²) < 4.78 is 1.99. The molecule has 3 aliphatic heterocycles. The highest BCUT2D eigenvalue weighted by atomic mass is 15.3. The van der Waals surface area contributed by atoms with E-state index < -0.39 is 0 Å². The average molecular weight is 374 g/mol. The third-order valence-electron chi connectivity index (χ3n) is 6.07. The van der Waals surface area contributed by atoms with Crippen molar-refractivity contribution in [2.75, 3.05) is 19.6 Å². The Hall–Kier alpha value is -2.50. The quantitative estimate of drug-likeness (QED) is 0.687. The van der Waals surface area contributed by atoms with E-state index in [4.69, 9.17) is 0 Å². The van der Waals surface area contributed by atoms with Crippen molar-refractivity contribution in [2.24, 2.45) is 5.92 Å². The van der Waals surface area contributed by atoms with Crippen LogP contribution in [-0.2, 0) is 13.1 Å². The summed E-state index contributed by atoms with van der Waals surface area (Å²) in [5.74, 6) is 0.764. The van der Waals surface area contributed by atoms with Crippen molar-refractivity contribution in [1.29, 1.82) is 0 Å². The molecule has 5 heteroatoms. The Labute approximate surface area is 166 Å².